The Bertz CT molecular complexity index is 1660. The summed E-state index contributed by atoms with van der Waals surface area (Å²) in [6, 6.07) is 21.2. The van der Waals surface area contributed by atoms with Gasteiger partial charge >= 0.3 is 11.9 Å². The molecule has 1 amide bonds. The molecule has 44 heavy (non-hydrogen) atoms. The number of phenols is 1. The van der Waals surface area contributed by atoms with E-state index in [1.54, 1.807) is 44.2 Å². The molecule has 1 atom stereocenters. The second kappa shape index (κ2) is 14.5. The molecule has 1 aliphatic rings. The summed E-state index contributed by atoms with van der Waals surface area (Å²) in [5, 5.41) is 27.1. The monoisotopic (exact) mass is 597 g/mol. The Morgan fingerprint density at radius 1 is 0.932 bits per heavy atom. The Balaban J connectivity index is 1.54. The smallest absolute Gasteiger partial charge is 0.337 e. The Kier molecular flexibility index (Phi) is 10.3. The number of nitro groups is 1. The maximum absolute atomic E-state index is 13.5. The van der Waals surface area contributed by atoms with Crippen LogP contribution < -0.4 is 10.6 Å². The van der Waals surface area contributed by atoms with E-state index in [0.717, 1.165) is 5.56 Å². The summed E-state index contributed by atoms with van der Waals surface area (Å²) in [4.78, 5) is 50.3. The predicted octanol–water partition coefficient (Wildman–Crippen LogP) is 4.77. The van der Waals surface area contributed by atoms with Crippen LogP contribution in [0.2, 0.25) is 0 Å². The third kappa shape index (κ3) is 7.57. The van der Waals surface area contributed by atoms with Crippen LogP contribution >= 0.6 is 0 Å². The highest BCUT2D eigenvalue weighted by Gasteiger charge is 2.38. The highest BCUT2D eigenvalue weighted by Crippen LogP contribution is 2.40. The van der Waals surface area contributed by atoms with Crippen LogP contribution in [-0.2, 0) is 19.1 Å². The molecule has 0 aliphatic carbocycles. The van der Waals surface area contributed by atoms with E-state index in [9.17, 15) is 29.6 Å². The van der Waals surface area contributed by atoms with Gasteiger partial charge in [-0.1, -0.05) is 60.7 Å². The van der Waals surface area contributed by atoms with Gasteiger partial charge in [-0.05, 0) is 43.2 Å². The van der Waals surface area contributed by atoms with Crippen molar-refractivity contribution >= 4 is 29.6 Å². The van der Waals surface area contributed by atoms with Gasteiger partial charge in [-0.15, -0.1) is 0 Å². The zero-order valence-corrected chi connectivity index (χ0v) is 24.1. The normalized spacial score (nSPS) is 14.6. The molecule has 11 nitrogen and oxygen atoms in total. The first-order chi connectivity index (χ1) is 21.2. The molecule has 3 N–H and O–H groups in total. The highest BCUT2D eigenvalue weighted by atomic mass is 16.6. The van der Waals surface area contributed by atoms with Crippen LogP contribution in [0, 0.1) is 10.1 Å². The van der Waals surface area contributed by atoms with Gasteiger partial charge in [0.25, 0.3) is 11.6 Å². The number of carbonyl (C=O) groups is 3. The number of allylic oxidation sites excluding steroid dienone is 2. The molecule has 4 rings (SSSR count). The number of nitrogens with zero attached hydrogens (tertiary/aromatic N) is 1. The lowest BCUT2D eigenvalue weighted by Crippen LogP contribution is -2.34. The number of carbonyl (C=O) groups excluding carboxylic acids is 3. The van der Waals surface area contributed by atoms with Crippen molar-refractivity contribution in [1.29, 1.82) is 0 Å². The number of benzene rings is 3. The molecule has 0 fully saturated rings. The van der Waals surface area contributed by atoms with Gasteiger partial charge in [-0.3, -0.25) is 14.9 Å². The van der Waals surface area contributed by atoms with Crippen molar-refractivity contribution in [2.24, 2.45) is 0 Å². The van der Waals surface area contributed by atoms with Gasteiger partial charge in [0.1, 0.15) is 19.0 Å². The number of ether oxygens (including phenoxy) is 2. The lowest BCUT2D eigenvalue weighted by molar-refractivity contribution is -0.384. The number of nitrogens with one attached hydrogen (secondary N) is 2. The number of rotatable bonds is 11. The number of hydrogen-bond donors (Lipinski definition) is 3. The largest absolute Gasteiger partial charge is 0.507 e. The van der Waals surface area contributed by atoms with Crippen molar-refractivity contribution in [3.05, 3.63) is 134 Å². The number of nitro benzene ring substituents is 1. The Morgan fingerprint density at radius 2 is 1.59 bits per heavy atom. The quantitative estimate of drug-likeness (QED) is 0.123. The summed E-state index contributed by atoms with van der Waals surface area (Å²) in [6.07, 6.45) is 3.48. The highest BCUT2D eigenvalue weighted by molar-refractivity contribution is 6.00. The molecule has 0 aromatic heterocycles. The molecule has 226 valence electrons. The fourth-order valence-electron chi connectivity index (χ4n) is 4.78. The molecule has 1 aliphatic heterocycles. The van der Waals surface area contributed by atoms with E-state index in [4.69, 9.17) is 9.47 Å². The van der Waals surface area contributed by atoms with Crippen molar-refractivity contribution in [2.75, 3.05) is 19.8 Å². The van der Waals surface area contributed by atoms with Crippen molar-refractivity contribution in [1.82, 2.24) is 10.6 Å². The topological polar surface area (TPSA) is 157 Å². The van der Waals surface area contributed by atoms with Crippen molar-refractivity contribution in [2.45, 2.75) is 19.8 Å². The van der Waals surface area contributed by atoms with E-state index >= 15 is 0 Å². The summed E-state index contributed by atoms with van der Waals surface area (Å²) in [5.74, 6) is -3.27. The van der Waals surface area contributed by atoms with Crippen molar-refractivity contribution in [3.63, 3.8) is 0 Å². The average molecular weight is 598 g/mol. The number of phenolic OH excluding ortho intramolecular Hbond substituents is 1. The number of aromatic hydroxyl groups is 1. The third-order valence-electron chi connectivity index (χ3n) is 6.80. The molecule has 1 heterocycles. The van der Waals surface area contributed by atoms with Crippen molar-refractivity contribution in [3.8, 4) is 5.75 Å². The lowest BCUT2D eigenvalue weighted by Gasteiger charge is -2.30. The van der Waals surface area contributed by atoms with Crippen LogP contribution in [0.1, 0.15) is 41.3 Å². The van der Waals surface area contributed by atoms with E-state index in [0.29, 0.717) is 17.0 Å². The molecule has 0 unspecified atom stereocenters. The standard InChI is InChI=1S/C33H31N3O8/c1-21-28(32(39)43-18-9-12-23-10-4-3-5-11-23)30(24-13-8-14-25(20-24)36(41)42)29(22(2)35-21)33(40)44-19-17-34-31(38)26-15-6-7-16-27(26)37/h3-16,20,30,35,37H,17-19H2,1-2H3,(H,34,38)/b12-9+/t30-/m1/s1. The van der Waals surface area contributed by atoms with Crippen LogP contribution in [0.4, 0.5) is 5.69 Å². The molecule has 0 saturated heterocycles. The Labute approximate surface area is 253 Å². The fourth-order valence-corrected chi connectivity index (χ4v) is 4.78. The summed E-state index contributed by atoms with van der Waals surface area (Å²) in [6.45, 7) is 2.96. The number of esters is 2. The van der Waals surface area contributed by atoms with Gasteiger partial charge < -0.3 is 25.2 Å². The van der Waals surface area contributed by atoms with Crippen LogP contribution in [0.25, 0.3) is 6.08 Å². The van der Waals surface area contributed by atoms with Crippen LogP contribution in [0.15, 0.2) is 107 Å². The molecule has 3 aromatic carbocycles. The molecule has 0 saturated carbocycles. The first-order valence-corrected chi connectivity index (χ1v) is 13.7. The van der Waals surface area contributed by atoms with Crippen molar-refractivity contribution < 1.29 is 33.9 Å². The van der Waals surface area contributed by atoms with E-state index in [-0.39, 0.29) is 47.9 Å². The lowest BCUT2D eigenvalue weighted by atomic mass is 9.80. The van der Waals surface area contributed by atoms with Gasteiger partial charge in [0.05, 0.1) is 34.1 Å². The zero-order chi connectivity index (χ0) is 31.6. The number of hydrogen-bond acceptors (Lipinski definition) is 9. The summed E-state index contributed by atoms with van der Waals surface area (Å²) in [5.41, 5.74) is 2.08. The Hall–Kier alpha value is -5.71. The van der Waals surface area contributed by atoms with E-state index in [1.807, 2.05) is 30.3 Å². The molecule has 0 radical (unpaired) electrons. The molecule has 0 spiro atoms. The van der Waals surface area contributed by atoms with Gasteiger partial charge in [0.15, 0.2) is 0 Å². The SMILES string of the molecule is CC1=C(C(=O)OC/C=C/c2ccccc2)[C@@H](c2cccc([N+](=O)[O-])c2)C(C(=O)OCCNC(=O)c2ccccc2O)=C(C)N1. The van der Waals surface area contributed by atoms with E-state index in [2.05, 4.69) is 10.6 Å². The van der Waals surface area contributed by atoms with Gasteiger partial charge in [-0.25, -0.2) is 9.59 Å². The molecule has 11 heteroatoms. The fraction of sp³-hybridized carbons (Fsp3) is 0.182. The molecule has 0 bridgehead atoms. The predicted molar refractivity (Wildman–Crippen MR) is 162 cm³/mol. The summed E-state index contributed by atoms with van der Waals surface area (Å²) in [7, 11) is 0. The zero-order valence-electron chi connectivity index (χ0n) is 24.1. The minimum absolute atomic E-state index is 0.0503. The average Bonchev–Trinajstić information content (AvgIpc) is 3.01. The first kappa shape index (κ1) is 31.2. The summed E-state index contributed by atoms with van der Waals surface area (Å²) >= 11 is 0. The van der Waals surface area contributed by atoms with Gasteiger partial charge in [0, 0.05) is 23.5 Å². The van der Waals surface area contributed by atoms with Crippen LogP contribution in [0.5, 0.6) is 5.75 Å². The van der Waals surface area contributed by atoms with Crippen LogP contribution in [-0.4, -0.2) is 47.6 Å². The second-order valence-electron chi connectivity index (χ2n) is 9.81. The maximum atomic E-state index is 13.5. The number of non-ortho nitro benzene ring substituents is 1. The first-order valence-electron chi connectivity index (χ1n) is 13.7. The van der Waals surface area contributed by atoms with E-state index < -0.39 is 28.7 Å². The number of amides is 1. The van der Waals surface area contributed by atoms with E-state index in [1.165, 1.54) is 30.3 Å². The third-order valence-corrected chi connectivity index (χ3v) is 6.80. The number of para-hydroxylation sites is 1. The number of dihydropyridines is 1. The second-order valence-corrected chi connectivity index (χ2v) is 9.81. The minimum Gasteiger partial charge on any atom is -0.507 e. The van der Waals surface area contributed by atoms with Crippen LogP contribution in [0.3, 0.4) is 0 Å². The molecule has 3 aromatic rings. The molecular formula is C33H31N3O8. The minimum atomic E-state index is -1.04. The maximum Gasteiger partial charge on any atom is 0.337 e. The Morgan fingerprint density at radius 3 is 2.27 bits per heavy atom. The molecular weight excluding hydrogens is 566 g/mol. The van der Waals surface area contributed by atoms with Gasteiger partial charge in [0.2, 0.25) is 0 Å². The van der Waals surface area contributed by atoms with Gasteiger partial charge in [-0.2, -0.15) is 0 Å². The summed E-state index contributed by atoms with van der Waals surface area (Å²) < 4.78 is 11.0.